The molecule has 2 aromatic carbocycles. The molecule has 0 aliphatic rings. The number of anilines is 1. The maximum Gasteiger partial charge on any atom is 0.171 e. The van der Waals surface area contributed by atoms with Crippen LogP contribution in [0.25, 0.3) is 0 Å². The van der Waals surface area contributed by atoms with Gasteiger partial charge in [0.05, 0.1) is 11.1 Å². The minimum absolute atomic E-state index is 0.131. The van der Waals surface area contributed by atoms with Crippen LogP contribution < -0.4 is 10.6 Å². The standard InChI is InChI=1S/C17H18BrClN2S/c1-10-4-6-14(11(2)8-10)12(3)20-17(22)21-13-5-7-15(18)16(19)9-13/h4-9,12H,1-3H3,(H2,20,21,22)/t12-/m0/s1. The second-order valence-electron chi connectivity index (χ2n) is 5.31. The van der Waals surface area contributed by atoms with Crippen LogP contribution in [-0.4, -0.2) is 5.11 Å². The molecule has 0 radical (unpaired) electrons. The van der Waals surface area contributed by atoms with Gasteiger partial charge in [0.2, 0.25) is 0 Å². The van der Waals surface area contributed by atoms with E-state index >= 15 is 0 Å². The maximum atomic E-state index is 6.08. The first-order chi connectivity index (χ1) is 10.4. The highest BCUT2D eigenvalue weighted by Gasteiger charge is 2.10. The topological polar surface area (TPSA) is 24.1 Å². The minimum atomic E-state index is 0.131. The van der Waals surface area contributed by atoms with Gasteiger partial charge in [0.1, 0.15) is 0 Å². The summed E-state index contributed by atoms with van der Waals surface area (Å²) in [7, 11) is 0. The van der Waals surface area contributed by atoms with Crippen molar-refractivity contribution in [2.24, 2.45) is 0 Å². The van der Waals surface area contributed by atoms with Crippen LogP contribution in [0.2, 0.25) is 5.02 Å². The van der Waals surface area contributed by atoms with Gasteiger partial charge in [-0.3, -0.25) is 0 Å². The molecule has 2 nitrogen and oxygen atoms in total. The Morgan fingerprint density at radius 3 is 2.55 bits per heavy atom. The van der Waals surface area contributed by atoms with Gasteiger partial charge in [-0.2, -0.15) is 0 Å². The number of nitrogens with one attached hydrogen (secondary N) is 2. The van der Waals surface area contributed by atoms with Gasteiger partial charge >= 0.3 is 0 Å². The van der Waals surface area contributed by atoms with E-state index in [9.17, 15) is 0 Å². The largest absolute Gasteiger partial charge is 0.356 e. The number of thiocarbonyl (C=S) groups is 1. The summed E-state index contributed by atoms with van der Waals surface area (Å²) in [5, 5.41) is 7.68. The van der Waals surface area contributed by atoms with Crippen molar-refractivity contribution in [3.63, 3.8) is 0 Å². The van der Waals surface area contributed by atoms with Gasteiger partial charge in [-0.15, -0.1) is 0 Å². The zero-order chi connectivity index (χ0) is 16.3. The Bertz CT molecular complexity index is 703. The fraction of sp³-hybridized carbons (Fsp3) is 0.235. The van der Waals surface area contributed by atoms with E-state index in [4.69, 9.17) is 23.8 Å². The van der Waals surface area contributed by atoms with E-state index in [-0.39, 0.29) is 6.04 Å². The molecule has 116 valence electrons. The second-order valence-corrected chi connectivity index (χ2v) is 6.98. The molecule has 0 bridgehead atoms. The molecule has 1 atom stereocenters. The molecule has 0 spiro atoms. The highest BCUT2D eigenvalue weighted by molar-refractivity contribution is 9.10. The van der Waals surface area contributed by atoms with Crippen molar-refractivity contribution in [2.75, 3.05) is 5.32 Å². The van der Waals surface area contributed by atoms with Gasteiger partial charge in [-0.1, -0.05) is 35.4 Å². The van der Waals surface area contributed by atoms with Crippen molar-refractivity contribution in [2.45, 2.75) is 26.8 Å². The van der Waals surface area contributed by atoms with Gasteiger partial charge in [0, 0.05) is 10.2 Å². The van der Waals surface area contributed by atoms with Crippen LogP contribution in [0, 0.1) is 13.8 Å². The summed E-state index contributed by atoms with van der Waals surface area (Å²) in [6.45, 7) is 6.31. The first-order valence-electron chi connectivity index (χ1n) is 6.96. The summed E-state index contributed by atoms with van der Waals surface area (Å²) in [4.78, 5) is 0. The predicted octanol–water partition coefficient (Wildman–Crippen LogP) is 5.77. The van der Waals surface area contributed by atoms with Crippen molar-refractivity contribution in [1.82, 2.24) is 5.32 Å². The average molecular weight is 398 g/mol. The SMILES string of the molecule is Cc1ccc([C@H](C)NC(=S)Nc2ccc(Br)c(Cl)c2)c(C)c1. The lowest BCUT2D eigenvalue weighted by molar-refractivity contribution is 0.717. The fourth-order valence-electron chi connectivity index (χ4n) is 2.33. The van der Waals surface area contributed by atoms with Crippen LogP contribution in [0.1, 0.15) is 29.7 Å². The highest BCUT2D eigenvalue weighted by atomic mass is 79.9. The molecule has 0 saturated carbocycles. The van der Waals surface area contributed by atoms with Crippen LogP contribution in [0.5, 0.6) is 0 Å². The van der Waals surface area contributed by atoms with E-state index in [1.54, 1.807) is 0 Å². The third-order valence-corrected chi connectivity index (χ3v) is 4.87. The van der Waals surface area contributed by atoms with Gasteiger partial charge in [0.25, 0.3) is 0 Å². The lowest BCUT2D eigenvalue weighted by atomic mass is 10.0. The second kappa shape index (κ2) is 7.44. The molecular weight excluding hydrogens is 380 g/mol. The quantitative estimate of drug-likeness (QED) is 0.643. The summed E-state index contributed by atoms with van der Waals surface area (Å²) in [5.41, 5.74) is 4.62. The monoisotopic (exact) mass is 396 g/mol. The van der Waals surface area contributed by atoms with E-state index in [0.717, 1.165) is 10.2 Å². The summed E-state index contributed by atoms with van der Waals surface area (Å²) in [6.07, 6.45) is 0. The zero-order valence-electron chi connectivity index (χ0n) is 12.7. The minimum Gasteiger partial charge on any atom is -0.356 e. The van der Waals surface area contributed by atoms with Gasteiger partial charge in [-0.25, -0.2) is 0 Å². The Morgan fingerprint density at radius 1 is 1.18 bits per heavy atom. The van der Waals surface area contributed by atoms with Gasteiger partial charge in [-0.05, 0) is 78.2 Å². The van der Waals surface area contributed by atoms with Crippen LogP contribution >= 0.6 is 39.7 Å². The molecule has 0 saturated heterocycles. The van der Waals surface area contributed by atoms with Crippen molar-refractivity contribution < 1.29 is 0 Å². The molecule has 0 aliphatic carbocycles. The van der Waals surface area contributed by atoms with E-state index < -0.39 is 0 Å². The van der Waals surface area contributed by atoms with Crippen molar-refractivity contribution in [1.29, 1.82) is 0 Å². The number of halogens is 2. The molecule has 0 heterocycles. The van der Waals surface area contributed by atoms with Crippen LogP contribution in [0.4, 0.5) is 5.69 Å². The number of hydrogen-bond donors (Lipinski definition) is 2. The summed E-state index contributed by atoms with van der Waals surface area (Å²) in [6, 6.07) is 12.2. The molecule has 22 heavy (non-hydrogen) atoms. The van der Waals surface area contributed by atoms with E-state index in [2.05, 4.69) is 65.5 Å². The third kappa shape index (κ3) is 4.45. The normalized spacial score (nSPS) is 11.9. The van der Waals surface area contributed by atoms with E-state index in [1.807, 2.05) is 18.2 Å². The molecule has 0 amide bonds. The smallest absolute Gasteiger partial charge is 0.171 e. The number of hydrogen-bond acceptors (Lipinski definition) is 1. The Hall–Kier alpha value is -1.10. The number of aryl methyl sites for hydroxylation is 2. The highest BCUT2D eigenvalue weighted by Crippen LogP contribution is 2.25. The Balaban J connectivity index is 2.03. The third-order valence-electron chi connectivity index (χ3n) is 3.42. The van der Waals surface area contributed by atoms with Crippen LogP contribution in [0.3, 0.4) is 0 Å². The molecule has 2 aromatic rings. The zero-order valence-corrected chi connectivity index (χ0v) is 15.9. The van der Waals surface area contributed by atoms with E-state index in [1.165, 1.54) is 16.7 Å². The molecule has 0 fully saturated rings. The number of benzene rings is 2. The first kappa shape index (κ1) is 17.3. The Labute approximate surface area is 150 Å². The van der Waals surface area contributed by atoms with Crippen molar-refractivity contribution >= 4 is 50.5 Å². The Kier molecular flexibility index (Phi) is 5.84. The first-order valence-corrected chi connectivity index (χ1v) is 8.54. The molecule has 5 heteroatoms. The molecule has 0 unspecified atom stereocenters. The lowest BCUT2D eigenvalue weighted by Crippen LogP contribution is -2.31. The molecule has 2 N–H and O–H groups in total. The predicted molar refractivity (Wildman–Crippen MR) is 103 cm³/mol. The van der Waals surface area contributed by atoms with Crippen LogP contribution in [0.15, 0.2) is 40.9 Å². The lowest BCUT2D eigenvalue weighted by Gasteiger charge is -2.19. The molecule has 0 aromatic heterocycles. The fourth-order valence-corrected chi connectivity index (χ4v) is 3.05. The number of rotatable bonds is 3. The average Bonchev–Trinajstić information content (AvgIpc) is 2.42. The molecule has 2 rings (SSSR count). The van der Waals surface area contributed by atoms with E-state index in [0.29, 0.717) is 10.1 Å². The summed E-state index contributed by atoms with van der Waals surface area (Å²) < 4.78 is 0.863. The van der Waals surface area contributed by atoms with Gasteiger partial charge in [0.15, 0.2) is 5.11 Å². The Morgan fingerprint density at radius 2 is 1.91 bits per heavy atom. The van der Waals surface area contributed by atoms with Crippen molar-refractivity contribution in [3.8, 4) is 0 Å². The maximum absolute atomic E-state index is 6.08. The molecule has 0 aliphatic heterocycles. The van der Waals surface area contributed by atoms with Crippen molar-refractivity contribution in [3.05, 3.63) is 62.6 Å². The summed E-state index contributed by atoms with van der Waals surface area (Å²) in [5.74, 6) is 0. The van der Waals surface area contributed by atoms with Crippen LogP contribution in [-0.2, 0) is 0 Å². The van der Waals surface area contributed by atoms with Gasteiger partial charge < -0.3 is 10.6 Å². The summed E-state index contributed by atoms with van der Waals surface area (Å²) >= 11 is 14.8. The molecular formula is C17H18BrClN2S.